The van der Waals surface area contributed by atoms with Crippen molar-refractivity contribution in [2.75, 3.05) is 0 Å². The van der Waals surface area contributed by atoms with Gasteiger partial charge in [0, 0.05) is 12.8 Å². The maximum absolute atomic E-state index is 10.9. The number of hydrogen-bond acceptors (Lipinski definition) is 4. The van der Waals surface area contributed by atoms with E-state index in [1.165, 1.54) is 0 Å². The molecule has 0 heterocycles. The molecular formula is C10H14O6. The van der Waals surface area contributed by atoms with Crippen molar-refractivity contribution in [2.24, 2.45) is 0 Å². The first-order valence-corrected chi connectivity index (χ1v) is 4.97. The summed E-state index contributed by atoms with van der Waals surface area (Å²) in [6.45, 7) is 0. The molecule has 0 aromatic heterocycles. The number of rotatable bonds is 9. The molecule has 0 aliphatic carbocycles. The molecular weight excluding hydrogens is 216 g/mol. The smallest absolute Gasteiger partial charge is 0.380 e. The lowest BCUT2D eigenvalue weighted by Gasteiger charge is -1.98. The van der Waals surface area contributed by atoms with E-state index in [4.69, 9.17) is 10.2 Å². The number of aliphatic carboxylic acids is 2. The van der Waals surface area contributed by atoms with Gasteiger partial charge < -0.3 is 10.2 Å². The number of hydrogen-bond donors (Lipinski definition) is 2. The summed E-state index contributed by atoms with van der Waals surface area (Å²) < 4.78 is 0. The van der Waals surface area contributed by atoms with Gasteiger partial charge in [0.25, 0.3) is 0 Å². The van der Waals surface area contributed by atoms with Gasteiger partial charge in [-0.05, 0) is 12.8 Å². The van der Waals surface area contributed by atoms with Gasteiger partial charge in [0.05, 0.1) is 0 Å². The van der Waals surface area contributed by atoms with Crippen LogP contribution in [0.1, 0.15) is 38.5 Å². The summed E-state index contributed by atoms with van der Waals surface area (Å²) >= 11 is 0. The third-order valence-corrected chi connectivity index (χ3v) is 1.99. The van der Waals surface area contributed by atoms with Crippen LogP contribution in [-0.2, 0) is 19.2 Å². The zero-order chi connectivity index (χ0) is 12.6. The van der Waals surface area contributed by atoms with E-state index in [-0.39, 0.29) is 12.8 Å². The molecule has 0 aromatic rings. The van der Waals surface area contributed by atoms with Crippen molar-refractivity contribution >= 4 is 23.5 Å². The highest BCUT2D eigenvalue weighted by molar-refractivity contribution is 6.61. The van der Waals surface area contributed by atoms with E-state index in [0.29, 0.717) is 25.7 Å². The molecule has 0 spiro atoms. The number of carbonyl (C=O) groups is 4. The predicted molar refractivity (Wildman–Crippen MR) is 53.0 cm³/mol. The van der Waals surface area contributed by atoms with E-state index in [1.54, 1.807) is 0 Å². The summed E-state index contributed by atoms with van der Waals surface area (Å²) in [5.74, 6) is -4.87. The molecule has 0 radical (unpaired) electrons. The Morgan fingerprint density at radius 3 is 1.69 bits per heavy atom. The average molecular weight is 230 g/mol. The summed E-state index contributed by atoms with van der Waals surface area (Å²) in [5, 5.41) is 16.5. The molecule has 0 aromatic carbocycles. The van der Waals surface area contributed by atoms with Gasteiger partial charge in [-0.25, -0.2) is 4.79 Å². The third kappa shape index (κ3) is 6.69. The van der Waals surface area contributed by atoms with Crippen molar-refractivity contribution in [3.05, 3.63) is 0 Å². The molecule has 2 N–H and O–H groups in total. The summed E-state index contributed by atoms with van der Waals surface area (Å²) in [6.07, 6.45) is 2.21. The Balaban J connectivity index is 3.52. The highest BCUT2D eigenvalue weighted by Gasteiger charge is 2.20. The Kier molecular flexibility index (Phi) is 6.74. The lowest BCUT2D eigenvalue weighted by atomic mass is 10.1. The van der Waals surface area contributed by atoms with Gasteiger partial charge in [-0.15, -0.1) is 0 Å². The molecule has 6 nitrogen and oxygen atoms in total. The molecule has 0 aliphatic heterocycles. The molecule has 0 rings (SSSR count). The zero-order valence-corrected chi connectivity index (χ0v) is 8.77. The van der Waals surface area contributed by atoms with Gasteiger partial charge in [0.15, 0.2) is 0 Å². The Morgan fingerprint density at radius 2 is 1.25 bits per heavy atom. The number of carboxylic acids is 2. The maximum atomic E-state index is 10.9. The van der Waals surface area contributed by atoms with Crippen molar-refractivity contribution in [3.63, 3.8) is 0 Å². The second-order valence-electron chi connectivity index (χ2n) is 3.37. The first-order valence-electron chi connectivity index (χ1n) is 4.97. The lowest BCUT2D eigenvalue weighted by molar-refractivity contribution is -0.153. The summed E-state index contributed by atoms with van der Waals surface area (Å²) in [6, 6.07) is 0. The van der Waals surface area contributed by atoms with Crippen molar-refractivity contribution in [3.8, 4) is 0 Å². The summed E-state index contributed by atoms with van der Waals surface area (Å²) in [7, 11) is 0. The van der Waals surface area contributed by atoms with Crippen molar-refractivity contribution < 1.29 is 29.4 Å². The minimum atomic E-state index is -1.73. The van der Waals surface area contributed by atoms with Crippen LogP contribution >= 0.6 is 0 Å². The van der Waals surface area contributed by atoms with Crippen molar-refractivity contribution in [1.29, 1.82) is 0 Å². The van der Waals surface area contributed by atoms with Crippen LogP contribution in [0.25, 0.3) is 0 Å². The van der Waals surface area contributed by atoms with Gasteiger partial charge in [0.2, 0.25) is 5.78 Å². The van der Waals surface area contributed by atoms with Gasteiger partial charge in [0.1, 0.15) is 0 Å². The quantitative estimate of drug-likeness (QED) is 0.341. The number of Topliss-reactive ketones (excluding diaryl/α,β-unsaturated/α-hetero) is 2. The van der Waals surface area contributed by atoms with Gasteiger partial charge in [-0.3, -0.25) is 14.4 Å². The largest absolute Gasteiger partial charge is 0.481 e. The average Bonchev–Trinajstić information content (AvgIpc) is 2.21. The van der Waals surface area contributed by atoms with Crippen LogP contribution in [0, 0.1) is 0 Å². The highest BCUT2D eigenvalue weighted by Crippen LogP contribution is 2.06. The van der Waals surface area contributed by atoms with E-state index < -0.39 is 23.5 Å². The van der Waals surface area contributed by atoms with Crippen LogP contribution in [-0.4, -0.2) is 33.7 Å². The van der Waals surface area contributed by atoms with E-state index in [2.05, 4.69) is 0 Å². The predicted octanol–water partition coefficient (Wildman–Crippen LogP) is 0.634. The maximum Gasteiger partial charge on any atom is 0.380 e. The number of ketones is 2. The van der Waals surface area contributed by atoms with Crippen LogP contribution in [0.5, 0.6) is 0 Å². The second kappa shape index (κ2) is 7.56. The second-order valence-corrected chi connectivity index (χ2v) is 3.37. The van der Waals surface area contributed by atoms with Gasteiger partial charge in [-0.2, -0.15) is 0 Å². The first kappa shape index (κ1) is 14.3. The molecule has 90 valence electrons. The van der Waals surface area contributed by atoms with E-state index in [0.717, 1.165) is 0 Å². The van der Waals surface area contributed by atoms with E-state index in [9.17, 15) is 19.2 Å². The molecule has 6 heteroatoms. The molecule has 0 bridgehead atoms. The Hall–Kier alpha value is -1.72. The highest BCUT2D eigenvalue weighted by atomic mass is 16.4. The number of unbranched alkanes of at least 4 members (excludes halogenated alkanes) is 3. The topological polar surface area (TPSA) is 109 Å². The first-order chi connectivity index (χ1) is 7.45. The molecule has 0 amide bonds. The molecule has 0 atom stereocenters. The molecule has 0 saturated carbocycles. The monoisotopic (exact) mass is 230 g/mol. The van der Waals surface area contributed by atoms with Crippen molar-refractivity contribution in [1.82, 2.24) is 0 Å². The van der Waals surface area contributed by atoms with Crippen LogP contribution in [0.15, 0.2) is 0 Å². The minimum absolute atomic E-state index is 0.0851. The molecule has 0 fully saturated rings. The fourth-order valence-electron chi connectivity index (χ4n) is 1.15. The van der Waals surface area contributed by atoms with Gasteiger partial charge in [-0.1, -0.05) is 12.8 Å². The number of carboxylic acid groups (broad SMARTS) is 2. The molecule has 0 aliphatic rings. The Labute approximate surface area is 92.3 Å². The molecule has 0 saturated heterocycles. The van der Waals surface area contributed by atoms with E-state index in [1.807, 2.05) is 0 Å². The van der Waals surface area contributed by atoms with Crippen LogP contribution in [0.3, 0.4) is 0 Å². The molecule has 0 unspecified atom stereocenters. The van der Waals surface area contributed by atoms with Crippen molar-refractivity contribution in [2.45, 2.75) is 38.5 Å². The standard InChI is InChI=1S/C10H14O6/c11-7(9(14)10(15)16)5-3-1-2-4-6-8(12)13/h1-6H2,(H,12,13)(H,15,16). The van der Waals surface area contributed by atoms with Crippen LogP contribution in [0.4, 0.5) is 0 Å². The summed E-state index contributed by atoms with van der Waals surface area (Å²) in [4.78, 5) is 41.8. The van der Waals surface area contributed by atoms with Crippen LogP contribution < -0.4 is 0 Å². The minimum Gasteiger partial charge on any atom is -0.481 e. The Morgan fingerprint density at radius 1 is 0.750 bits per heavy atom. The Bertz CT molecular complexity index is 294. The SMILES string of the molecule is O=C(O)CCCCCCC(=O)C(=O)C(=O)O. The fourth-order valence-corrected chi connectivity index (χ4v) is 1.15. The normalized spacial score (nSPS) is 9.75. The number of carbonyl (C=O) groups excluding carboxylic acids is 2. The van der Waals surface area contributed by atoms with E-state index >= 15 is 0 Å². The molecule has 16 heavy (non-hydrogen) atoms. The van der Waals surface area contributed by atoms with Gasteiger partial charge >= 0.3 is 17.7 Å². The fraction of sp³-hybridized carbons (Fsp3) is 0.600. The lowest BCUT2D eigenvalue weighted by Crippen LogP contribution is -2.22. The summed E-state index contributed by atoms with van der Waals surface area (Å²) in [5.41, 5.74) is 0. The zero-order valence-electron chi connectivity index (χ0n) is 8.77. The van der Waals surface area contributed by atoms with Crippen LogP contribution in [0.2, 0.25) is 0 Å². The third-order valence-electron chi connectivity index (χ3n) is 1.99.